The Labute approximate surface area is 274 Å². The average molecular weight is 710 g/mol. The fraction of sp³-hybridized carbons (Fsp3) is 0.310. The predicted molar refractivity (Wildman–Crippen MR) is 165 cm³/mol. The third-order valence-corrected chi connectivity index (χ3v) is 9.35. The summed E-state index contributed by atoms with van der Waals surface area (Å²) in [4.78, 5) is 28.7. The van der Waals surface area contributed by atoms with E-state index in [9.17, 15) is 35.5 Å². The molecule has 0 radical (unpaired) electrons. The highest BCUT2D eigenvalue weighted by atomic mass is 32.2. The van der Waals surface area contributed by atoms with Crippen molar-refractivity contribution in [3.63, 3.8) is 0 Å². The molecule has 0 saturated heterocycles. The number of hydroxylamine groups is 2. The molecule has 3 aromatic carbocycles. The van der Waals surface area contributed by atoms with Gasteiger partial charge in [0.15, 0.2) is 26.8 Å². The first-order valence-corrected chi connectivity index (χ1v) is 17.1. The predicted octanol–water partition coefficient (Wildman–Crippen LogP) is 1.65. The molecule has 48 heavy (non-hydrogen) atoms. The van der Waals surface area contributed by atoms with Gasteiger partial charge < -0.3 is 35.5 Å². The Kier molecular flexibility index (Phi) is 9.94. The Hall–Kier alpha value is -4.34. The summed E-state index contributed by atoms with van der Waals surface area (Å²) in [6.45, 7) is 0.424. The number of carbonyl (C=O) groups is 2. The minimum Gasteiger partial charge on any atom is -0.481 e. The van der Waals surface area contributed by atoms with Gasteiger partial charge in [-0.1, -0.05) is 18.2 Å². The van der Waals surface area contributed by atoms with Gasteiger partial charge in [0, 0.05) is 22.3 Å². The van der Waals surface area contributed by atoms with Crippen LogP contribution in [0.4, 0.5) is 11.4 Å². The van der Waals surface area contributed by atoms with Gasteiger partial charge in [0.2, 0.25) is 0 Å². The highest BCUT2D eigenvalue weighted by molar-refractivity contribution is 7.86. The maximum atomic E-state index is 14.0. The third-order valence-electron chi connectivity index (χ3n) is 7.47. The van der Waals surface area contributed by atoms with E-state index in [1.807, 2.05) is 0 Å². The van der Waals surface area contributed by atoms with Crippen molar-refractivity contribution in [1.29, 1.82) is 0 Å². The molecule has 0 bridgehead atoms. The molecule has 2 aliphatic rings. The van der Waals surface area contributed by atoms with Gasteiger partial charge in [-0.2, -0.15) is 21.9 Å². The molecule has 17 nitrogen and oxygen atoms in total. The van der Waals surface area contributed by atoms with Crippen molar-refractivity contribution < 1.29 is 64.4 Å². The van der Waals surface area contributed by atoms with Crippen molar-refractivity contribution in [2.75, 3.05) is 57.7 Å². The SMILES string of the molecule is Nc1ccc2c(c1S(=O)(=O)O)Oc1c(ccc(N)c1S(=O)(=O)O)C21c2ccccc2C(=O)N1OCCOCCOCCOCCC(=O)O. The van der Waals surface area contributed by atoms with E-state index in [0.717, 1.165) is 5.06 Å². The van der Waals surface area contributed by atoms with Gasteiger partial charge in [0.05, 0.1) is 64.0 Å². The first-order chi connectivity index (χ1) is 22.7. The van der Waals surface area contributed by atoms with Crippen LogP contribution < -0.4 is 16.2 Å². The van der Waals surface area contributed by atoms with Crippen molar-refractivity contribution in [2.45, 2.75) is 21.8 Å². The molecular formula is C29H31N3O14S2. The summed E-state index contributed by atoms with van der Waals surface area (Å²) in [7, 11) is -10.3. The number of carboxylic acids is 1. The Bertz CT molecular complexity index is 1880. The molecule has 0 fully saturated rings. The number of anilines is 2. The topological polar surface area (TPSA) is 265 Å². The van der Waals surface area contributed by atoms with Crippen molar-refractivity contribution in [2.24, 2.45) is 0 Å². The summed E-state index contributed by atoms with van der Waals surface area (Å²) in [6.07, 6.45) is -0.120. The molecule has 0 atom stereocenters. The number of fused-ring (bicyclic) bond motifs is 6. The smallest absolute Gasteiger partial charge is 0.305 e. The van der Waals surface area contributed by atoms with Crippen molar-refractivity contribution in [3.8, 4) is 11.5 Å². The first-order valence-electron chi connectivity index (χ1n) is 14.2. The number of hydrogen-bond acceptors (Lipinski definition) is 13. The highest BCUT2D eigenvalue weighted by Gasteiger charge is 2.59. The van der Waals surface area contributed by atoms with E-state index in [1.165, 1.54) is 30.3 Å². The van der Waals surface area contributed by atoms with Crippen LogP contribution in [0.15, 0.2) is 58.3 Å². The molecule has 3 aromatic rings. The van der Waals surface area contributed by atoms with Crippen LogP contribution in [0.5, 0.6) is 11.5 Å². The molecule has 1 amide bonds. The van der Waals surface area contributed by atoms with Gasteiger partial charge in [-0.05, 0) is 30.3 Å². The fourth-order valence-electron chi connectivity index (χ4n) is 5.62. The van der Waals surface area contributed by atoms with Crippen LogP contribution in [0.3, 0.4) is 0 Å². The van der Waals surface area contributed by atoms with Gasteiger partial charge in [-0.25, -0.2) is 0 Å². The monoisotopic (exact) mass is 709 g/mol. The molecule has 5 rings (SSSR count). The second-order valence-electron chi connectivity index (χ2n) is 10.4. The number of carboxylic acid groups (broad SMARTS) is 1. The van der Waals surface area contributed by atoms with Crippen LogP contribution >= 0.6 is 0 Å². The quantitative estimate of drug-likeness (QED) is 0.0853. The molecule has 0 aromatic heterocycles. The number of aliphatic carboxylic acids is 1. The van der Waals surface area contributed by atoms with E-state index in [0.29, 0.717) is 0 Å². The molecule has 0 aliphatic carbocycles. The molecule has 0 unspecified atom stereocenters. The largest absolute Gasteiger partial charge is 0.481 e. The Morgan fingerprint density at radius 3 is 1.71 bits per heavy atom. The Morgan fingerprint density at radius 1 is 0.729 bits per heavy atom. The number of benzene rings is 3. The lowest BCUT2D eigenvalue weighted by molar-refractivity contribution is -0.171. The Balaban J connectivity index is 1.50. The van der Waals surface area contributed by atoms with Crippen LogP contribution in [-0.4, -0.2) is 94.2 Å². The standard InChI is InChI=1S/C29H31N3O14S2/c30-21-7-5-19-24(26(21)47(36,37)38)46-25-20(6-8-22(31)27(25)48(39,40)41)29(19)18-4-2-1-3-17(18)28(35)32(29)45-16-15-44-14-13-43-12-11-42-10-9-23(33)34/h1-8H,9-16,30-31H2,(H,33,34)(H,36,37,38)(H,39,40,41). The summed E-state index contributed by atoms with van der Waals surface area (Å²) in [5.74, 6) is -2.92. The van der Waals surface area contributed by atoms with E-state index in [1.54, 1.807) is 18.2 Å². The second kappa shape index (κ2) is 13.6. The maximum Gasteiger partial charge on any atom is 0.305 e. The number of nitrogens with zero attached hydrogens (tertiary/aromatic N) is 1. The van der Waals surface area contributed by atoms with Crippen LogP contribution in [0.2, 0.25) is 0 Å². The van der Waals surface area contributed by atoms with E-state index < -0.39 is 70.3 Å². The summed E-state index contributed by atoms with van der Waals surface area (Å²) >= 11 is 0. The van der Waals surface area contributed by atoms with E-state index in [4.69, 9.17) is 40.4 Å². The lowest BCUT2D eigenvalue weighted by atomic mass is 9.75. The van der Waals surface area contributed by atoms with E-state index in [2.05, 4.69) is 0 Å². The highest BCUT2D eigenvalue weighted by Crippen LogP contribution is 2.60. The van der Waals surface area contributed by atoms with Gasteiger partial charge in [0.25, 0.3) is 26.1 Å². The number of ether oxygens (including phenoxy) is 4. The summed E-state index contributed by atoms with van der Waals surface area (Å²) in [6, 6.07) is 11.2. The first kappa shape index (κ1) is 35.0. The molecule has 258 valence electrons. The zero-order chi connectivity index (χ0) is 34.9. The van der Waals surface area contributed by atoms with Crippen LogP contribution in [0.1, 0.15) is 33.5 Å². The summed E-state index contributed by atoms with van der Waals surface area (Å²) in [5, 5.41) is 9.53. The zero-order valence-electron chi connectivity index (χ0n) is 25.0. The average Bonchev–Trinajstić information content (AvgIpc) is 3.24. The normalized spacial score (nSPS) is 14.8. The number of rotatable bonds is 15. The van der Waals surface area contributed by atoms with E-state index >= 15 is 0 Å². The van der Waals surface area contributed by atoms with Gasteiger partial charge in [-0.15, -0.1) is 0 Å². The minimum absolute atomic E-state index is 0.0587. The number of nitrogen functional groups attached to an aromatic ring is 2. The molecule has 2 aliphatic heterocycles. The molecule has 7 N–H and O–H groups in total. The zero-order valence-corrected chi connectivity index (χ0v) is 26.7. The lowest BCUT2D eigenvalue weighted by Gasteiger charge is -2.43. The van der Waals surface area contributed by atoms with Gasteiger partial charge in [0.1, 0.15) is 0 Å². The van der Waals surface area contributed by atoms with Crippen LogP contribution in [0, 0.1) is 0 Å². The molecular weight excluding hydrogens is 678 g/mol. The Morgan fingerprint density at radius 2 is 1.21 bits per heavy atom. The number of carbonyl (C=O) groups excluding carboxylic acids is 1. The molecule has 0 saturated carbocycles. The number of amides is 1. The minimum atomic E-state index is -5.13. The van der Waals surface area contributed by atoms with Crippen LogP contribution in [0.25, 0.3) is 0 Å². The molecule has 1 spiro atoms. The number of nitrogens with two attached hydrogens (primary N) is 2. The fourth-order valence-corrected chi connectivity index (χ4v) is 7.12. The van der Waals surface area contributed by atoms with Crippen molar-refractivity contribution >= 4 is 43.5 Å². The van der Waals surface area contributed by atoms with Gasteiger partial charge in [-0.3, -0.25) is 23.5 Å². The molecule has 2 heterocycles. The van der Waals surface area contributed by atoms with E-state index in [-0.39, 0.29) is 74.9 Å². The van der Waals surface area contributed by atoms with Crippen molar-refractivity contribution in [3.05, 3.63) is 70.8 Å². The summed E-state index contributed by atoms with van der Waals surface area (Å²) in [5.41, 5.74) is 9.23. The van der Waals surface area contributed by atoms with Crippen LogP contribution in [-0.2, 0) is 49.6 Å². The van der Waals surface area contributed by atoms with Gasteiger partial charge >= 0.3 is 5.97 Å². The summed E-state index contributed by atoms with van der Waals surface area (Å²) < 4.78 is 92.8. The van der Waals surface area contributed by atoms with Crippen molar-refractivity contribution in [1.82, 2.24) is 5.06 Å². The number of hydrogen-bond donors (Lipinski definition) is 5. The third kappa shape index (κ3) is 6.41. The lowest BCUT2D eigenvalue weighted by Crippen LogP contribution is -2.48. The second-order valence-corrected chi connectivity index (χ2v) is 13.2. The molecule has 19 heteroatoms. The maximum absolute atomic E-state index is 14.0.